The first-order valence-corrected chi connectivity index (χ1v) is 5.96. The number of hydrogen-bond donors (Lipinski definition) is 2. The molecule has 0 aromatic rings. The van der Waals surface area contributed by atoms with E-state index in [1.807, 2.05) is 0 Å². The third-order valence-electron chi connectivity index (χ3n) is 2.56. The molecule has 96 valence electrons. The number of hydrogen-bond acceptors (Lipinski definition) is 3. The summed E-state index contributed by atoms with van der Waals surface area (Å²) in [4.78, 5) is 10.7. The number of rotatable bonds is 9. The standard InChI is InChI=1S/C12H25NO3/c1-10(2)6-9-16-8-5-4-7-12(3,13)11(14)15/h10H,4-9,13H2,1-3H3,(H,14,15). The number of nitrogens with two attached hydrogens (primary N) is 1. The normalized spacial score (nSPS) is 15.1. The Hall–Kier alpha value is -0.610. The lowest BCUT2D eigenvalue weighted by molar-refractivity contribution is -0.142. The van der Waals surface area contributed by atoms with E-state index in [1.54, 1.807) is 6.92 Å². The van der Waals surface area contributed by atoms with E-state index in [1.165, 1.54) is 0 Å². The highest BCUT2D eigenvalue weighted by Gasteiger charge is 2.26. The molecule has 0 saturated heterocycles. The van der Waals surface area contributed by atoms with Crippen molar-refractivity contribution < 1.29 is 14.6 Å². The Morgan fingerprint density at radius 2 is 2.00 bits per heavy atom. The van der Waals surface area contributed by atoms with E-state index in [-0.39, 0.29) is 0 Å². The molecule has 16 heavy (non-hydrogen) atoms. The van der Waals surface area contributed by atoms with Gasteiger partial charge >= 0.3 is 5.97 Å². The Morgan fingerprint density at radius 1 is 1.38 bits per heavy atom. The molecule has 1 atom stereocenters. The smallest absolute Gasteiger partial charge is 0.323 e. The van der Waals surface area contributed by atoms with Gasteiger partial charge in [-0.05, 0) is 38.5 Å². The molecule has 0 spiro atoms. The maximum absolute atomic E-state index is 10.7. The second-order valence-electron chi connectivity index (χ2n) is 4.97. The quantitative estimate of drug-likeness (QED) is 0.595. The van der Waals surface area contributed by atoms with E-state index in [0.717, 1.165) is 25.9 Å². The monoisotopic (exact) mass is 231 g/mol. The minimum atomic E-state index is -1.10. The highest BCUT2D eigenvalue weighted by molar-refractivity contribution is 5.77. The molecule has 0 heterocycles. The molecule has 1 unspecified atom stereocenters. The Labute approximate surface area is 98.2 Å². The molecule has 4 nitrogen and oxygen atoms in total. The summed E-state index contributed by atoms with van der Waals surface area (Å²) >= 11 is 0. The maximum Gasteiger partial charge on any atom is 0.323 e. The minimum Gasteiger partial charge on any atom is -0.480 e. The molecule has 0 aliphatic rings. The van der Waals surface area contributed by atoms with Crippen LogP contribution >= 0.6 is 0 Å². The molecule has 0 saturated carbocycles. The average molecular weight is 231 g/mol. The van der Waals surface area contributed by atoms with Crippen molar-refractivity contribution in [2.45, 2.75) is 52.0 Å². The van der Waals surface area contributed by atoms with Crippen molar-refractivity contribution in [3.05, 3.63) is 0 Å². The maximum atomic E-state index is 10.7. The second-order valence-corrected chi connectivity index (χ2v) is 4.97. The highest BCUT2D eigenvalue weighted by atomic mass is 16.5. The highest BCUT2D eigenvalue weighted by Crippen LogP contribution is 2.11. The minimum absolute atomic E-state index is 0.496. The molecular weight excluding hydrogens is 206 g/mol. The number of carbonyl (C=O) groups is 1. The van der Waals surface area contributed by atoms with Crippen LogP contribution in [0.4, 0.5) is 0 Å². The average Bonchev–Trinajstić information content (AvgIpc) is 2.15. The summed E-state index contributed by atoms with van der Waals surface area (Å²) in [5.41, 5.74) is 4.50. The number of unbranched alkanes of at least 4 members (excludes halogenated alkanes) is 1. The van der Waals surface area contributed by atoms with Gasteiger partial charge in [-0.1, -0.05) is 13.8 Å². The van der Waals surface area contributed by atoms with Crippen molar-refractivity contribution in [2.24, 2.45) is 11.7 Å². The molecule has 0 aliphatic heterocycles. The third kappa shape index (κ3) is 7.65. The fourth-order valence-corrected chi connectivity index (χ4v) is 1.22. The largest absolute Gasteiger partial charge is 0.480 e. The summed E-state index contributed by atoms with van der Waals surface area (Å²) in [6.45, 7) is 7.36. The Balaban J connectivity index is 3.37. The Kier molecular flexibility index (Phi) is 7.34. The number of aliphatic carboxylic acids is 1. The number of ether oxygens (including phenoxy) is 1. The van der Waals surface area contributed by atoms with E-state index in [4.69, 9.17) is 15.6 Å². The Bertz CT molecular complexity index is 202. The first-order chi connectivity index (χ1) is 7.36. The summed E-state index contributed by atoms with van der Waals surface area (Å²) in [5, 5.41) is 8.79. The van der Waals surface area contributed by atoms with Gasteiger partial charge in [0, 0.05) is 13.2 Å². The van der Waals surface area contributed by atoms with Gasteiger partial charge in [-0.2, -0.15) is 0 Å². The van der Waals surface area contributed by atoms with Crippen LogP contribution in [0.15, 0.2) is 0 Å². The molecular formula is C12H25NO3. The number of carboxylic acid groups (broad SMARTS) is 1. The molecule has 0 aromatic heterocycles. The summed E-state index contributed by atoms with van der Waals surface area (Å²) < 4.78 is 5.43. The van der Waals surface area contributed by atoms with Crippen molar-refractivity contribution in [3.63, 3.8) is 0 Å². The fourth-order valence-electron chi connectivity index (χ4n) is 1.22. The van der Waals surface area contributed by atoms with Crippen LogP contribution in [0.5, 0.6) is 0 Å². The van der Waals surface area contributed by atoms with Crippen LogP contribution < -0.4 is 5.73 Å². The number of carboxylic acids is 1. The van der Waals surface area contributed by atoms with Gasteiger partial charge in [0.2, 0.25) is 0 Å². The van der Waals surface area contributed by atoms with Gasteiger partial charge < -0.3 is 15.6 Å². The van der Waals surface area contributed by atoms with Crippen molar-refractivity contribution in [3.8, 4) is 0 Å². The molecule has 3 N–H and O–H groups in total. The molecule has 0 amide bonds. The van der Waals surface area contributed by atoms with E-state index in [2.05, 4.69) is 13.8 Å². The molecule has 0 fully saturated rings. The zero-order chi connectivity index (χ0) is 12.6. The van der Waals surface area contributed by atoms with E-state index < -0.39 is 11.5 Å². The van der Waals surface area contributed by atoms with Gasteiger partial charge in [-0.3, -0.25) is 4.79 Å². The van der Waals surface area contributed by atoms with E-state index >= 15 is 0 Å². The SMILES string of the molecule is CC(C)CCOCCCCC(C)(N)C(=O)O. The van der Waals surface area contributed by atoms with Crippen molar-refractivity contribution in [1.82, 2.24) is 0 Å². The lowest BCUT2D eigenvalue weighted by Gasteiger charge is -2.18. The van der Waals surface area contributed by atoms with Crippen LogP contribution in [0.25, 0.3) is 0 Å². The first kappa shape index (κ1) is 15.4. The summed E-state index contributed by atoms with van der Waals surface area (Å²) in [6.07, 6.45) is 3.23. The predicted octanol–water partition coefficient (Wildman–Crippen LogP) is 2.02. The predicted molar refractivity (Wildman–Crippen MR) is 64.4 cm³/mol. The molecule has 0 rings (SSSR count). The van der Waals surface area contributed by atoms with Crippen LogP contribution in [0, 0.1) is 5.92 Å². The topological polar surface area (TPSA) is 72.5 Å². The lowest BCUT2D eigenvalue weighted by Crippen LogP contribution is -2.44. The van der Waals surface area contributed by atoms with Crippen LogP contribution in [0.2, 0.25) is 0 Å². The van der Waals surface area contributed by atoms with Gasteiger partial charge in [0.1, 0.15) is 5.54 Å². The zero-order valence-electron chi connectivity index (χ0n) is 10.7. The zero-order valence-corrected chi connectivity index (χ0v) is 10.7. The van der Waals surface area contributed by atoms with Gasteiger partial charge in [-0.25, -0.2) is 0 Å². The van der Waals surface area contributed by atoms with Gasteiger partial charge in [-0.15, -0.1) is 0 Å². The van der Waals surface area contributed by atoms with Crippen molar-refractivity contribution in [1.29, 1.82) is 0 Å². The van der Waals surface area contributed by atoms with E-state index in [9.17, 15) is 4.79 Å². The van der Waals surface area contributed by atoms with Crippen LogP contribution in [0.1, 0.15) is 46.5 Å². The fraction of sp³-hybridized carbons (Fsp3) is 0.917. The van der Waals surface area contributed by atoms with Gasteiger partial charge in [0.25, 0.3) is 0 Å². The van der Waals surface area contributed by atoms with Crippen LogP contribution in [-0.2, 0) is 9.53 Å². The van der Waals surface area contributed by atoms with Gasteiger partial charge in [0.15, 0.2) is 0 Å². The van der Waals surface area contributed by atoms with Crippen LogP contribution in [-0.4, -0.2) is 29.8 Å². The lowest BCUT2D eigenvalue weighted by atomic mass is 9.97. The first-order valence-electron chi connectivity index (χ1n) is 5.96. The third-order valence-corrected chi connectivity index (χ3v) is 2.56. The summed E-state index contributed by atoms with van der Waals surface area (Å²) in [5.74, 6) is -0.271. The summed E-state index contributed by atoms with van der Waals surface area (Å²) in [6, 6.07) is 0. The Morgan fingerprint density at radius 3 is 2.50 bits per heavy atom. The molecule has 0 bridgehead atoms. The molecule has 4 heteroatoms. The second kappa shape index (κ2) is 7.63. The van der Waals surface area contributed by atoms with Crippen molar-refractivity contribution >= 4 is 5.97 Å². The molecule has 0 aromatic carbocycles. The van der Waals surface area contributed by atoms with Crippen LogP contribution in [0.3, 0.4) is 0 Å². The van der Waals surface area contributed by atoms with Gasteiger partial charge in [0.05, 0.1) is 0 Å². The molecule has 0 aliphatic carbocycles. The van der Waals surface area contributed by atoms with E-state index in [0.29, 0.717) is 18.9 Å². The molecule has 0 radical (unpaired) electrons. The van der Waals surface area contributed by atoms with Crippen molar-refractivity contribution in [2.75, 3.05) is 13.2 Å². The summed E-state index contributed by atoms with van der Waals surface area (Å²) in [7, 11) is 0.